The van der Waals surface area contributed by atoms with E-state index in [1.165, 1.54) is 16.8 Å². The number of carbonyl (C=O) groups excluding carboxylic acids is 1. The van der Waals surface area contributed by atoms with E-state index in [2.05, 4.69) is 10.1 Å². The van der Waals surface area contributed by atoms with Crippen molar-refractivity contribution in [3.63, 3.8) is 0 Å². The van der Waals surface area contributed by atoms with Crippen LogP contribution in [0, 0.1) is 12.3 Å². The topological polar surface area (TPSA) is 87.3 Å². The fraction of sp³-hybridized carbons (Fsp3) is 0.111. The first-order valence-electron chi connectivity index (χ1n) is 11.3. The third-order valence-corrected chi connectivity index (χ3v) is 7.17. The predicted octanol–water partition coefficient (Wildman–Crippen LogP) is 6.43. The van der Waals surface area contributed by atoms with Gasteiger partial charge in [0, 0.05) is 10.6 Å². The van der Waals surface area contributed by atoms with Crippen LogP contribution in [-0.2, 0) is 4.79 Å². The van der Waals surface area contributed by atoms with Gasteiger partial charge >= 0.3 is 0 Å². The molecule has 0 unspecified atom stereocenters. The molecular weight excluding hydrogens is 531 g/mol. The van der Waals surface area contributed by atoms with E-state index < -0.39 is 5.91 Å². The number of amidine groups is 2. The van der Waals surface area contributed by atoms with Gasteiger partial charge in [-0.3, -0.25) is 10.2 Å². The Morgan fingerprint density at radius 2 is 1.73 bits per heavy atom. The standard InChI is InChI=1S/C27H20Cl2N4O3S/c1-16-13-19(9-10-22(16)28)36-12-11-35-18-6-4-5-17(14-18)15-21-24(30)33-27(31-25(21)34)37-26(32-33)20-7-2-3-8-23(20)29/h2-10,13-15,30H,11-12H2,1H3/b21-15+,30-24?. The lowest BCUT2D eigenvalue weighted by molar-refractivity contribution is -0.114. The van der Waals surface area contributed by atoms with Gasteiger partial charge < -0.3 is 9.47 Å². The number of halogens is 2. The number of benzene rings is 3. The Morgan fingerprint density at radius 1 is 0.973 bits per heavy atom. The average Bonchev–Trinajstić information content (AvgIpc) is 3.31. The van der Waals surface area contributed by atoms with Crippen LogP contribution in [-0.4, -0.2) is 40.2 Å². The predicted molar refractivity (Wildman–Crippen MR) is 149 cm³/mol. The molecule has 0 atom stereocenters. The molecule has 7 nitrogen and oxygen atoms in total. The van der Waals surface area contributed by atoms with Crippen LogP contribution in [0.1, 0.15) is 16.7 Å². The zero-order valence-corrected chi connectivity index (χ0v) is 21.9. The van der Waals surface area contributed by atoms with Gasteiger partial charge in [-0.15, -0.1) is 0 Å². The molecule has 0 spiro atoms. The Hall–Kier alpha value is -3.59. The van der Waals surface area contributed by atoms with E-state index >= 15 is 0 Å². The van der Waals surface area contributed by atoms with Gasteiger partial charge in [-0.05, 0) is 72.3 Å². The molecular formula is C27H20Cl2N4O3S. The van der Waals surface area contributed by atoms with Crippen LogP contribution in [0.5, 0.6) is 11.5 Å². The molecule has 186 valence electrons. The van der Waals surface area contributed by atoms with Gasteiger partial charge in [0.1, 0.15) is 29.8 Å². The molecule has 10 heteroatoms. The second kappa shape index (κ2) is 10.8. The third kappa shape index (κ3) is 5.56. The number of nitrogens with one attached hydrogen (secondary N) is 1. The summed E-state index contributed by atoms with van der Waals surface area (Å²) in [4.78, 5) is 16.9. The van der Waals surface area contributed by atoms with Crippen LogP contribution in [0.2, 0.25) is 10.0 Å². The molecule has 1 N–H and O–H groups in total. The summed E-state index contributed by atoms with van der Waals surface area (Å²) in [6.07, 6.45) is 1.61. The molecule has 0 aliphatic carbocycles. The summed E-state index contributed by atoms with van der Waals surface area (Å²) in [5.41, 5.74) is 2.49. The summed E-state index contributed by atoms with van der Waals surface area (Å²) >= 11 is 13.5. The fourth-order valence-electron chi connectivity index (χ4n) is 3.62. The molecule has 3 aromatic rings. The third-order valence-electron chi connectivity index (χ3n) is 5.48. The van der Waals surface area contributed by atoms with E-state index in [9.17, 15) is 4.79 Å². The number of hydrogen-bond acceptors (Lipinski definition) is 6. The Balaban J connectivity index is 1.26. The largest absolute Gasteiger partial charge is 0.490 e. The number of carbonyl (C=O) groups is 1. The van der Waals surface area contributed by atoms with Crippen molar-refractivity contribution >= 4 is 63.0 Å². The van der Waals surface area contributed by atoms with Crippen molar-refractivity contribution in [1.82, 2.24) is 5.01 Å². The van der Waals surface area contributed by atoms with Gasteiger partial charge in [-0.2, -0.15) is 15.1 Å². The summed E-state index contributed by atoms with van der Waals surface area (Å²) in [5.74, 6) is 0.776. The average molecular weight is 551 g/mol. The van der Waals surface area contributed by atoms with Crippen molar-refractivity contribution in [2.24, 2.45) is 10.1 Å². The van der Waals surface area contributed by atoms with Gasteiger partial charge in [0.05, 0.1) is 10.6 Å². The molecule has 1 amide bonds. The van der Waals surface area contributed by atoms with Crippen molar-refractivity contribution in [2.75, 3.05) is 13.2 Å². The summed E-state index contributed by atoms with van der Waals surface area (Å²) in [6.45, 7) is 2.60. The molecule has 0 saturated heterocycles. The molecule has 2 heterocycles. The van der Waals surface area contributed by atoms with E-state index in [-0.39, 0.29) is 11.4 Å². The fourth-order valence-corrected chi connectivity index (χ4v) is 4.95. The maximum absolute atomic E-state index is 12.8. The zero-order valence-electron chi connectivity index (χ0n) is 19.6. The molecule has 5 rings (SSSR count). The van der Waals surface area contributed by atoms with Gasteiger partial charge in [0.2, 0.25) is 5.17 Å². The highest BCUT2D eigenvalue weighted by molar-refractivity contribution is 8.27. The lowest BCUT2D eigenvalue weighted by atomic mass is 10.1. The molecule has 0 saturated carbocycles. The van der Waals surface area contributed by atoms with E-state index in [1.807, 2.05) is 55.5 Å². The van der Waals surface area contributed by atoms with Crippen LogP contribution >= 0.6 is 35.0 Å². The Labute approximate surface area is 227 Å². The van der Waals surface area contributed by atoms with Crippen LogP contribution < -0.4 is 9.47 Å². The number of thioether (sulfide) groups is 1. The highest BCUT2D eigenvalue weighted by Gasteiger charge is 2.36. The van der Waals surface area contributed by atoms with E-state index in [0.29, 0.717) is 44.8 Å². The Kier molecular flexibility index (Phi) is 7.32. The SMILES string of the molecule is Cc1cc(OCCOc2cccc(/C=C3\C(=N)N4N=C(c5ccccc5Cl)SC4=NC3=O)c2)ccc1Cl. The quantitative estimate of drug-likeness (QED) is 0.270. The smallest absolute Gasteiger partial charge is 0.283 e. The van der Waals surface area contributed by atoms with Gasteiger partial charge in [-0.25, -0.2) is 0 Å². The first kappa shape index (κ1) is 25.1. The first-order valence-corrected chi connectivity index (χ1v) is 12.8. The summed E-state index contributed by atoms with van der Waals surface area (Å²) in [5, 5.41) is 16.6. The minimum atomic E-state index is -0.502. The lowest BCUT2D eigenvalue weighted by Crippen LogP contribution is -2.35. The molecule has 3 aromatic carbocycles. The summed E-state index contributed by atoms with van der Waals surface area (Å²) in [7, 11) is 0. The second-order valence-electron chi connectivity index (χ2n) is 8.09. The lowest BCUT2D eigenvalue weighted by Gasteiger charge is -2.20. The summed E-state index contributed by atoms with van der Waals surface area (Å²) < 4.78 is 11.5. The molecule has 2 aliphatic rings. The van der Waals surface area contributed by atoms with Crippen LogP contribution in [0.25, 0.3) is 6.08 Å². The van der Waals surface area contributed by atoms with Crippen LogP contribution in [0.3, 0.4) is 0 Å². The number of hydrazone groups is 1. The highest BCUT2D eigenvalue weighted by atomic mass is 35.5. The van der Waals surface area contributed by atoms with Gasteiger partial charge in [-0.1, -0.05) is 53.5 Å². The maximum atomic E-state index is 12.8. The van der Waals surface area contributed by atoms with Gasteiger partial charge in [0.25, 0.3) is 5.91 Å². The van der Waals surface area contributed by atoms with Crippen LogP contribution in [0.15, 0.2) is 82.4 Å². The number of nitrogens with zero attached hydrogens (tertiary/aromatic N) is 3. The number of rotatable bonds is 7. The monoisotopic (exact) mass is 550 g/mol. The van der Waals surface area contributed by atoms with E-state index in [0.717, 1.165) is 16.9 Å². The minimum absolute atomic E-state index is 0.0532. The highest BCUT2D eigenvalue weighted by Crippen LogP contribution is 2.33. The molecule has 0 aromatic heterocycles. The van der Waals surface area contributed by atoms with Crippen molar-refractivity contribution in [3.8, 4) is 11.5 Å². The number of aryl methyl sites for hydroxylation is 1. The van der Waals surface area contributed by atoms with E-state index in [1.54, 1.807) is 24.3 Å². The normalized spacial score (nSPS) is 16.0. The van der Waals surface area contributed by atoms with Crippen molar-refractivity contribution < 1.29 is 14.3 Å². The van der Waals surface area contributed by atoms with Crippen molar-refractivity contribution in [2.45, 2.75) is 6.92 Å². The summed E-state index contributed by atoms with van der Waals surface area (Å²) in [6, 6.07) is 20.0. The number of fused-ring (bicyclic) bond motifs is 1. The Bertz CT molecular complexity index is 1500. The number of aliphatic imine (C=N–C) groups is 1. The van der Waals surface area contributed by atoms with E-state index in [4.69, 9.17) is 38.1 Å². The number of amides is 1. The molecule has 0 fully saturated rings. The van der Waals surface area contributed by atoms with Crippen molar-refractivity contribution in [1.29, 1.82) is 5.41 Å². The molecule has 37 heavy (non-hydrogen) atoms. The molecule has 2 aliphatic heterocycles. The maximum Gasteiger partial charge on any atom is 0.283 e. The van der Waals surface area contributed by atoms with Crippen LogP contribution in [0.4, 0.5) is 0 Å². The Morgan fingerprint density at radius 3 is 2.49 bits per heavy atom. The number of ether oxygens (including phenoxy) is 2. The molecule has 0 bridgehead atoms. The first-order chi connectivity index (χ1) is 17.9. The second-order valence-corrected chi connectivity index (χ2v) is 9.86. The minimum Gasteiger partial charge on any atom is -0.490 e. The van der Waals surface area contributed by atoms with Crippen molar-refractivity contribution in [3.05, 3.63) is 99.0 Å². The zero-order chi connectivity index (χ0) is 25.9. The molecule has 0 radical (unpaired) electrons. The van der Waals surface area contributed by atoms with Gasteiger partial charge in [0.15, 0.2) is 5.84 Å². The number of hydrogen-bond donors (Lipinski definition) is 1.